The molecule has 2 heterocycles. The number of alkyl halides is 2. The highest BCUT2D eigenvalue weighted by Gasteiger charge is 2.16. The van der Waals surface area contributed by atoms with Gasteiger partial charge in [0, 0.05) is 18.0 Å². The third kappa shape index (κ3) is 1.59. The van der Waals surface area contributed by atoms with E-state index in [1.54, 1.807) is 12.1 Å². The molecular weight excluding hydrogens is 192 g/mol. The van der Waals surface area contributed by atoms with Crippen molar-refractivity contribution >= 4 is 0 Å². The average molecular weight is 197 g/mol. The number of hydrogen-bond donors (Lipinski definition) is 0. The number of pyridine rings is 1. The van der Waals surface area contributed by atoms with E-state index in [4.69, 9.17) is 0 Å². The number of nitrogens with zero attached hydrogens (tertiary/aromatic N) is 3. The SMILES string of the molecule is FC(F)c1nc(-c2ccncc2)no1. The molecule has 0 aliphatic rings. The van der Waals surface area contributed by atoms with Crippen LogP contribution < -0.4 is 0 Å². The molecule has 0 fully saturated rings. The molecule has 2 rings (SSSR count). The Hall–Kier alpha value is -1.85. The topological polar surface area (TPSA) is 51.8 Å². The number of hydrogen-bond acceptors (Lipinski definition) is 4. The van der Waals surface area contributed by atoms with Crippen LogP contribution in [0, 0.1) is 0 Å². The monoisotopic (exact) mass is 197 g/mol. The molecule has 0 bridgehead atoms. The molecule has 0 amide bonds. The van der Waals surface area contributed by atoms with Crippen LogP contribution in [0.4, 0.5) is 8.78 Å². The molecule has 4 nitrogen and oxygen atoms in total. The van der Waals surface area contributed by atoms with Gasteiger partial charge in [-0.15, -0.1) is 0 Å². The highest BCUT2D eigenvalue weighted by molar-refractivity contribution is 5.52. The third-order valence-electron chi connectivity index (χ3n) is 1.57. The van der Waals surface area contributed by atoms with Crippen molar-refractivity contribution < 1.29 is 13.3 Å². The summed E-state index contributed by atoms with van der Waals surface area (Å²) in [5, 5.41) is 3.41. The van der Waals surface area contributed by atoms with Crippen LogP contribution in [0.2, 0.25) is 0 Å². The molecular formula is C8H5F2N3O. The molecule has 6 heteroatoms. The summed E-state index contributed by atoms with van der Waals surface area (Å²) < 4.78 is 28.5. The van der Waals surface area contributed by atoms with Gasteiger partial charge < -0.3 is 4.52 Å². The minimum absolute atomic E-state index is 0.141. The maximum absolute atomic E-state index is 12.1. The van der Waals surface area contributed by atoms with Gasteiger partial charge in [0.1, 0.15) is 0 Å². The quantitative estimate of drug-likeness (QED) is 0.739. The van der Waals surface area contributed by atoms with Crippen molar-refractivity contribution in [3.8, 4) is 11.4 Å². The normalized spacial score (nSPS) is 10.8. The Morgan fingerprint density at radius 2 is 1.93 bits per heavy atom. The highest BCUT2D eigenvalue weighted by atomic mass is 19.3. The lowest BCUT2D eigenvalue weighted by Gasteiger charge is -1.89. The number of halogens is 2. The van der Waals surface area contributed by atoms with Crippen LogP contribution in [0.1, 0.15) is 12.3 Å². The molecule has 2 aromatic rings. The van der Waals surface area contributed by atoms with Crippen LogP contribution in [-0.4, -0.2) is 15.1 Å². The molecule has 14 heavy (non-hydrogen) atoms. The molecule has 0 radical (unpaired) electrons. The molecule has 0 unspecified atom stereocenters. The van der Waals surface area contributed by atoms with Gasteiger partial charge in [0.2, 0.25) is 5.82 Å². The Balaban J connectivity index is 2.34. The zero-order valence-corrected chi connectivity index (χ0v) is 6.89. The fourth-order valence-corrected chi connectivity index (χ4v) is 0.942. The maximum atomic E-state index is 12.1. The summed E-state index contributed by atoms with van der Waals surface area (Å²) in [4.78, 5) is 7.30. The first-order valence-electron chi connectivity index (χ1n) is 3.79. The fourth-order valence-electron chi connectivity index (χ4n) is 0.942. The van der Waals surface area contributed by atoms with Gasteiger partial charge in [-0.2, -0.15) is 13.8 Å². The van der Waals surface area contributed by atoms with Crippen LogP contribution in [0.15, 0.2) is 29.0 Å². The zero-order valence-electron chi connectivity index (χ0n) is 6.89. The molecule has 0 atom stereocenters. The molecule has 0 N–H and O–H groups in total. The van der Waals surface area contributed by atoms with E-state index in [0.717, 1.165) is 0 Å². The molecule has 72 valence electrons. The van der Waals surface area contributed by atoms with Gasteiger partial charge in [-0.3, -0.25) is 4.98 Å². The zero-order chi connectivity index (χ0) is 9.97. The standard InChI is InChI=1S/C8H5F2N3O/c9-6(10)8-12-7(13-14-8)5-1-3-11-4-2-5/h1-4,6H. The lowest BCUT2D eigenvalue weighted by molar-refractivity contribution is 0.106. The van der Waals surface area contributed by atoms with E-state index in [1.165, 1.54) is 12.4 Å². The second kappa shape index (κ2) is 3.49. The molecule has 0 aromatic carbocycles. The van der Waals surface area contributed by atoms with Gasteiger partial charge >= 0.3 is 6.43 Å². The molecule has 0 aliphatic carbocycles. The van der Waals surface area contributed by atoms with E-state index in [-0.39, 0.29) is 5.82 Å². The lowest BCUT2D eigenvalue weighted by Crippen LogP contribution is -1.84. The molecule has 0 saturated carbocycles. The predicted molar refractivity (Wildman–Crippen MR) is 42.5 cm³/mol. The first kappa shape index (κ1) is 8.74. The van der Waals surface area contributed by atoms with Crippen molar-refractivity contribution in [3.63, 3.8) is 0 Å². The Morgan fingerprint density at radius 1 is 1.21 bits per heavy atom. The van der Waals surface area contributed by atoms with E-state index >= 15 is 0 Å². The van der Waals surface area contributed by atoms with Crippen molar-refractivity contribution in [1.29, 1.82) is 0 Å². The van der Waals surface area contributed by atoms with E-state index in [2.05, 4.69) is 19.6 Å². The van der Waals surface area contributed by atoms with E-state index in [0.29, 0.717) is 5.56 Å². The first-order valence-corrected chi connectivity index (χ1v) is 3.79. The first-order chi connectivity index (χ1) is 6.77. The van der Waals surface area contributed by atoms with Crippen LogP contribution in [0.3, 0.4) is 0 Å². The van der Waals surface area contributed by atoms with Gasteiger partial charge in [0.05, 0.1) is 0 Å². The summed E-state index contributed by atoms with van der Waals surface area (Å²) in [6.07, 6.45) is 0.305. The summed E-state index contributed by atoms with van der Waals surface area (Å²) in [6.45, 7) is 0. The van der Waals surface area contributed by atoms with Crippen molar-refractivity contribution in [2.24, 2.45) is 0 Å². The third-order valence-corrected chi connectivity index (χ3v) is 1.57. The van der Waals surface area contributed by atoms with Gasteiger partial charge in [-0.25, -0.2) is 0 Å². The van der Waals surface area contributed by atoms with Gasteiger partial charge in [-0.1, -0.05) is 5.16 Å². The van der Waals surface area contributed by atoms with Crippen molar-refractivity contribution in [3.05, 3.63) is 30.4 Å². The molecule has 0 saturated heterocycles. The predicted octanol–water partition coefficient (Wildman–Crippen LogP) is 2.07. The van der Waals surface area contributed by atoms with Crippen LogP contribution in [-0.2, 0) is 0 Å². The van der Waals surface area contributed by atoms with E-state index < -0.39 is 12.3 Å². The second-order valence-electron chi connectivity index (χ2n) is 2.49. The Morgan fingerprint density at radius 3 is 2.50 bits per heavy atom. The number of rotatable bonds is 2. The Kier molecular flexibility index (Phi) is 2.18. The van der Waals surface area contributed by atoms with Crippen LogP contribution in [0.25, 0.3) is 11.4 Å². The fraction of sp³-hybridized carbons (Fsp3) is 0.125. The number of aromatic nitrogens is 3. The average Bonchev–Trinajstić information content (AvgIpc) is 2.68. The lowest BCUT2D eigenvalue weighted by atomic mass is 10.2. The largest absolute Gasteiger partial charge is 0.333 e. The molecule has 0 spiro atoms. The van der Waals surface area contributed by atoms with Gasteiger partial charge in [0.15, 0.2) is 0 Å². The molecule has 0 aliphatic heterocycles. The minimum Gasteiger partial charge on any atom is -0.333 e. The minimum atomic E-state index is -2.74. The van der Waals surface area contributed by atoms with Crippen molar-refractivity contribution in [2.45, 2.75) is 6.43 Å². The molecule has 2 aromatic heterocycles. The summed E-state index contributed by atoms with van der Waals surface area (Å²) >= 11 is 0. The summed E-state index contributed by atoms with van der Waals surface area (Å²) in [5.41, 5.74) is 0.593. The Labute approximate surface area is 77.6 Å². The van der Waals surface area contributed by atoms with Crippen molar-refractivity contribution in [2.75, 3.05) is 0 Å². The van der Waals surface area contributed by atoms with Gasteiger partial charge in [0.25, 0.3) is 5.89 Å². The van der Waals surface area contributed by atoms with E-state index in [9.17, 15) is 8.78 Å². The summed E-state index contributed by atoms with van der Waals surface area (Å²) in [6, 6.07) is 3.22. The smallest absolute Gasteiger partial charge is 0.315 e. The van der Waals surface area contributed by atoms with Crippen molar-refractivity contribution in [1.82, 2.24) is 15.1 Å². The summed E-state index contributed by atoms with van der Waals surface area (Å²) in [5.74, 6) is -0.528. The summed E-state index contributed by atoms with van der Waals surface area (Å²) in [7, 11) is 0. The van der Waals surface area contributed by atoms with Crippen LogP contribution >= 0.6 is 0 Å². The van der Waals surface area contributed by atoms with E-state index in [1.807, 2.05) is 0 Å². The Bertz CT molecular complexity index is 416. The highest BCUT2D eigenvalue weighted by Crippen LogP contribution is 2.20. The van der Waals surface area contributed by atoms with Gasteiger partial charge in [-0.05, 0) is 12.1 Å². The second-order valence-corrected chi connectivity index (χ2v) is 2.49. The van der Waals surface area contributed by atoms with Crippen LogP contribution in [0.5, 0.6) is 0 Å². The maximum Gasteiger partial charge on any atom is 0.315 e.